The molecule has 0 heterocycles. The minimum absolute atomic E-state index is 0.361. The number of rotatable bonds is 4. The Bertz CT molecular complexity index is 276. The van der Waals surface area contributed by atoms with Gasteiger partial charge in [0.25, 0.3) is 6.43 Å². The van der Waals surface area contributed by atoms with Crippen molar-refractivity contribution < 1.29 is 18.7 Å². The van der Waals surface area contributed by atoms with Crippen LogP contribution in [0.1, 0.15) is 32.6 Å². The summed E-state index contributed by atoms with van der Waals surface area (Å²) in [6.45, 7) is 1.56. The number of aliphatic hydroxyl groups is 1. The minimum Gasteiger partial charge on any atom is -0.385 e. The van der Waals surface area contributed by atoms with E-state index in [-0.39, 0.29) is 0 Å². The number of carbonyl (C=O) groups is 1. The van der Waals surface area contributed by atoms with Gasteiger partial charge in [-0.2, -0.15) is 0 Å². The molecule has 1 amide bonds. The molecule has 4 nitrogen and oxygen atoms in total. The van der Waals surface area contributed by atoms with Crippen molar-refractivity contribution >= 4 is 5.91 Å². The van der Waals surface area contributed by atoms with Crippen LogP contribution in [0.3, 0.4) is 0 Å². The third-order valence-corrected chi connectivity index (χ3v) is 3.25. The molecule has 3 unspecified atom stereocenters. The van der Waals surface area contributed by atoms with E-state index in [9.17, 15) is 13.6 Å². The molecular weight excluding hydrogens is 230 g/mol. The standard InChI is InChI=1S/C11H20F2N2O2/c1-7-3-2-4-11(14,5-7)10(17)15-6-8(16)9(12)13/h7-9,16H,2-6,14H2,1H3,(H,15,17). The largest absolute Gasteiger partial charge is 0.385 e. The summed E-state index contributed by atoms with van der Waals surface area (Å²) >= 11 is 0. The van der Waals surface area contributed by atoms with E-state index in [4.69, 9.17) is 10.8 Å². The highest BCUT2D eigenvalue weighted by Crippen LogP contribution is 2.30. The molecule has 1 saturated carbocycles. The SMILES string of the molecule is CC1CCCC(N)(C(=O)NCC(O)C(F)F)C1. The van der Waals surface area contributed by atoms with Gasteiger partial charge < -0.3 is 16.2 Å². The van der Waals surface area contributed by atoms with Crippen LogP contribution in [-0.4, -0.2) is 35.6 Å². The van der Waals surface area contributed by atoms with Gasteiger partial charge in [-0.1, -0.05) is 19.8 Å². The summed E-state index contributed by atoms with van der Waals surface area (Å²) in [6, 6.07) is 0. The first-order chi connectivity index (χ1) is 7.85. The van der Waals surface area contributed by atoms with Crippen molar-refractivity contribution in [3.63, 3.8) is 0 Å². The van der Waals surface area contributed by atoms with Crippen LogP contribution in [0.2, 0.25) is 0 Å². The first-order valence-corrected chi connectivity index (χ1v) is 5.88. The molecule has 6 heteroatoms. The highest BCUT2D eigenvalue weighted by Gasteiger charge is 2.38. The molecule has 3 atom stereocenters. The van der Waals surface area contributed by atoms with Gasteiger partial charge in [-0.15, -0.1) is 0 Å². The fraction of sp³-hybridized carbons (Fsp3) is 0.909. The molecule has 1 aliphatic rings. The normalized spacial score (nSPS) is 31.3. The van der Waals surface area contributed by atoms with Crippen LogP contribution in [0, 0.1) is 5.92 Å². The van der Waals surface area contributed by atoms with Crippen molar-refractivity contribution in [3.05, 3.63) is 0 Å². The van der Waals surface area contributed by atoms with Crippen molar-refractivity contribution in [2.75, 3.05) is 6.54 Å². The molecular formula is C11H20F2N2O2. The molecule has 0 saturated heterocycles. The molecule has 1 rings (SSSR count). The van der Waals surface area contributed by atoms with Crippen LogP contribution in [-0.2, 0) is 4.79 Å². The van der Waals surface area contributed by atoms with E-state index < -0.39 is 30.5 Å². The Morgan fingerprint density at radius 2 is 2.29 bits per heavy atom. The van der Waals surface area contributed by atoms with Crippen LogP contribution in [0.5, 0.6) is 0 Å². The Morgan fingerprint density at radius 3 is 2.82 bits per heavy atom. The fourth-order valence-electron chi connectivity index (χ4n) is 2.26. The molecule has 0 aromatic carbocycles. The lowest BCUT2D eigenvalue weighted by Gasteiger charge is -2.35. The summed E-state index contributed by atoms with van der Waals surface area (Å²) in [7, 11) is 0. The molecule has 0 aromatic rings. The minimum atomic E-state index is -2.85. The number of hydrogen-bond donors (Lipinski definition) is 3. The zero-order valence-electron chi connectivity index (χ0n) is 9.96. The molecule has 100 valence electrons. The average molecular weight is 250 g/mol. The molecule has 0 radical (unpaired) electrons. The van der Waals surface area contributed by atoms with Crippen molar-refractivity contribution in [1.82, 2.24) is 5.32 Å². The van der Waals surface area contributed by atoms with Gasteiger partial charge in [-0.3, -0.25) is 4.79 Å². The predicted octanol–water partition coefficient (Wildman–Crippen LogP) is 0.636. The van der Waals surface area contributed by atoms with E-state index in [0.717, 1.165) is 12.8 Å². The van der Waals surface area contributed by atoms with E-state index in [2.05, 4.69) is 5.32 Å². The van der Waals surface area contributed by atoms with E-state index in [0.29, 0.717) is 18.8 Å². The second-order valence-electron chi connectivity index (χ2n) is 4.97. The molecule has 0 spiro atoms. The average Bonchev–Trinajstić information content (AvgIpc) is 2.24. The Hall–Kier alpha value is -0.750. The molecule has 0 bridgehead atoms. The fourth-order valence-corrected chi connectivity index (χ4v) is 2.26. The second-order valence-corrected chi connectivity index (χ2v) is 4.97. The number of aliphatic hydroxyl groups excluding tert-OH is 1. The molecule has 1 fully saturated rings. The van der Waals surface area contributed by atoms with Crippen molar-refractivity contribution in [1.29, 1.82) is 0 Å². The van der Waals surface area contributed by atoms with Gasteiger partial charge >= 0.3 is 0 Å². The third-order valence-electron chi connectivity index (χ3n) is 3.25. The Labute approximate surface area is 99.6 Å². The van der Waals surface area contributed by atoms with Crippen molar-refractivity contribution in [3.8, 4) is 0 Å². The summed E-state index contributed by atoms with van der Waals surface area (Å²) in [6.07, 6.45) is -1.66. The van der Waals surface area contributed by atoms with Crippen LogP contribution < -0.4 is 11.1 Å². The number of nitrogens with one attached hydrogen (secondary N) is 1. The van der Waals surface area contributed by atoms with E-state index in [1.54, 1.807) is 0 Å². The van der Waals surface area contributed by atoms with Crippen LogP contribution in [0.15, 0.2) is 0 Å². The molecule has 1 aliphatic carbocycles. The lowest BCUT2D eigenvalue weighted by molar-refractivity contribution is -0.129. The van der Waals surface area contributed by atoms with E-state index in [1.165, 1.54) is 0 Å². The van der Waals surface area contributed by atoms with Gasteiger partial charge in [0.1, 0.15) is 6.10 Å². The summed E-state index contributed by atoms with van der Waals surface area (Å²) < 4.78 is 24.1. The van der Waals surface area contributed by atoms with Gasteiger partial charge in [-0.05, 0) is 18.8 Å². The lowest BCUT2D eigenvalue weighted by atomic mass is 9.76. The third kappa shape index (κ3) is 3.89. The maximum absolute atomic E-state index is 12.0. The number of carbonyl (C=O) groups excluding carboxylic acids is 1. The maximum atomic E-state index is 12.0. The van der Waals surface area contributed by atoms with Crippen LogP contribution in [0.4, 0.5) is 8.78 Å². The first-order valence-electron chi connectivity index (χ1n) is 5.88. The number of amides is 1. The topological polar surface area (TPSA) is 75.4 Å². The number of hydrogen-bond acceptors (Lipinski definition) is 3. The van der Waals surface area contributed by atoms with Gasteiger partial charge in [0.05, 0.1) is 5.54 Å². The highest BCUT2D eigenvalue weighted by atomic mass is 19.3. The smallest absolute Gasteiger partial charge is 0.265 e. The van der Waals surface area contributed by atoms with Gasteiger partial charge in [0.15, 0.2) is 0 Å². The molecule has 0 aliphatic heterocycles. The summed E-state index contributed by atoms with van der Waals surface area (Å²) in [4.78, 5) is 11.8. The van der Waals surface area contributed by atoms with Crippen LogP contribution in [0.25, 0.3) is 0 Å². The Kier molecular flexibility index (Phi) is 4.82. The quantitative estimate of drug-likeness (QED) is 0.685. The number of alkyl halides is 2. The summed E-state index contributed by atoms with van der Waals surface area (Å²) in [5.74, 6) is -0.0803. The number of halogens is 2. The maximum Gasteiger partial charge on any atom is 0.265 e. The van der Waals surface area contributed by atoms with E-state index >= 15 is 0 Å². The van der Waals surface area contributed by atoms with Gasteiger partial charge in [0, 0.05) is 6.54 Å². The Morgan fingerprint density at radius 1 is 1.65 bits per heavy atom. The van der Waals surface area contributed by atoms with Crippen molar-refractivity contribution in [2.24, 2.45) is 11.7 Å². The van der Waals surface area contributed by atoms with Crippen LogP contribution >= 0.6 is 0 Å². The van der Waals surface area contributed by atoms with Gasteiger partial charge in [0.2, 0.25) is 5.91 Å². The Balaban J connectivity index is 2.46. The summed E-state index contributed by atoms with van der Waals surface area (Å²) in [5, 5.41) is 11.2. The highest BCUT2D eigenvalue weighted by molar-refractivity contribution is 5.86. The van der Waals surface area contributed by atoms with E-state index in [1.807, 2.05) is 6.92 Å². The molecule has 0 aromatic heterocycles. The summed E-state index contributed by atoms with van der Waals surface area (Å²) in [5.41, 5.74) is 5.00. The zero-order chi connectivity index (χ0) is 13.1. The molecule has 17 heavy (non-hydrogen) atoms. The monoisotopic (exact) mass is 250 g/mol. The second kappa shape index (κ2) is 5.73. The number of nitrogens with two attached hydrogens (primary N) is 1. The first kappa shape index (κ1) is 14.3. The van der Waals surface area contributed by atoms with Crippen molar-refractivity contribution in [2.45, 2.75) is 50.7 Å². The zero-order valence-corrected chi connectivity index (χ0v) is 9.96. The molecule has 4 N–H and O–H groups in total. The lowest BCUT2D eigenvalue weighted by Crippen LogP contribution is -2.57. The van der Waals surface area contributed by atoms with Gasteiger partial charge in [-0.25, -0.2) is 8.78 Å². The predicted molar refractivity (Wildman–Crippen MR) is 59.6 cm³/mol.